The van der Waals surface area contributed by atoms with Crippen LogP contribution >= 0.6 is 0 Å². The maximum absolute atomic E-state index is 5.24. The van der Waals surface area contributed by atoms with Crippen LogP contribution in [0.2, 0.25) is 0 Å². The third kappa shape index (κ3) is 4.50. The second-order valence-electron chi connectivity index (χ2n) is 6.25. The second kappa shape index (κ2) is 8.51. The molecule has 132 valence electrons. The number of guanidine groups is 1. The van der Waals surface area contributed by atoms with Crippen LogP contribution in [0.15, 0.2) is 53.7 Å². The van der Waals surface area contributed by atoms with Gasteiger partial charge in [-0.15, -0.1) is 0 Å². The molecule has 1 aliphatic heterocycles. The number of aliphatic imine (C=N–C) groups is 1. The van der Waals surface area contributed by atoms with E-state index in [4.69, 9.17) is 4.74 Å². The average Bonchev–Trinajstić information content (AvgIpc) is 3.16. The molecule has 1 N–H and O–H groups in total. The number of pyridine rings is 1. The van der Waals surface area contributed by atoms with Crippen LogP contribution in [0.5, 0.6) is 5.75 Å². The minimum atomic E-state index is 0.542. The number of aromatic nitrogens is 1. The van der Waals surface area contributed by atoms with Gasteiger partial charge in [0.25, 0.3) is 0 Å². The van der Waals surface area contributed by atoms with E-state index in [0.29, 0.717) is 5.92 Å². The number of likely N-dealkylation sites (tertiary alicyclic amines) is 1. The van der Waals surface area contributed by atoms with E-state index in [9.17, 15) is 0 Å². The van der Waals surface area contributed by atoms with Crippen molar-refractivity contribution in [3.63, 3.8) is 0 Å². The number of rotatable bonds is 5. The van der Waals surface area contributed by atoms with Gasteiger partial charge in [0.2, 0.25) is 0 Å². The summed E-state index contributed by atoms with van der Waals surface area (Å²) in [5.74, 6) is 2.43. The van der Waals surface area contributed by atoms with Crippen LogP contribution in [0.4, 0.5) is 0 Å². The summed E-state index contributed by atoms with van der Waals surface area (Å²) >= 11 is 0. The normalized spacial score (nSPS) is 17.6. The molecule has 1 aliphatic rings. The molecular formula is C20H26N4O. The highest BCUT2D eigenvalue weighted by Crippen LogP contribution is 2.28. The van der Waals surface area contributed by atoms with E-state index in [0.717, 1.165) is 49.9 Å². The Kier molecular flexibility index (Phi) is 5.88. The SMILES string of the molecule is CN=C(NCCc1ccccn1)N1CCC(c2ccc(OC)cc2)C1. The number of benzene rings is 1. The molecule has 1 aromatic heterocycles. The molecule has 0 radical (unpaired) electrons. The molecule has 0 amide bonds. The van der Waals surface area contributed by atoms with E-state index in [1.165, 1.54) is 5.56 Å². The van der Waals surface area contributed by atoms with Crippen molar-refractivity contribution in [2.75, 3.05) is 33.8 Å². The van der Waals surface area contributed by atoms with Crippen molar-refractivity contribution in [2.45, 2.75) is 18.8 Å². The van der Waals surface area contributed by atoms with E-state index in [1.807, 2.05) is 37.5 Å². The lowest BCUT2D eigenvalue weighted by Crippen LogP contribution is -2.40. The van der Waals surface area contributed by atoms with E-state index in [-0.39, 0.29) is 0 Å². The van der Waals surface area contributed by atoms with Crippen molar-refractivity contribution in [3.05, 3.63) is 59.9 Å². The number of methoxy groups -OCH3 is 1. The Balaban J connectivity index is 1.52. The predicted molar refractivity (Wildman–Crippen MR) is 101 cm³/mol. The summed E-state index contributed by atoms with van der Waals surface area (Å²) in [7, 11) is 3.55. The Morgan fingerprint density at radius 1 is 1.28 bits per heavy atom. The lowest BCUT2D eigenvalue weighted by atomic mass is 9.98. The summed E-state index contributed by atoms with van der Waals surface area (Å²) in [4.78, 5) is 11.1. The van der Waals surface area contributed by atoms with Crippen LogP contribution in [0, 0.1) is 0 Å². The van der Waals surface area contributed by atoms with Gasteiger partial charge in [0.1, 0.15) is 5.75 Å². The number of nitrogens with one attached hydrogen (secondary N) is 1. The number of ether oxygens (including phenoxy) is 1. The van der Waals surface area contributed by atoms with Crippen molar-refractivity contribution in [2.24, 2.45) is 4.99 Å². The predicted octanol–water partition coefficient (Wildman–Crippen LogP) is 2.70. The summed E-state index contributed by atoms with van der Waals surface area (Å²) in [5.41, 5.74) is 2.47. The first-order chi connectivity index (χ1) is 12.3. The molecule has 0 bridgehead atoms. The van der Waals surface area contributed by atoms with Crippen LogP contribution in [0.1, 0.15) is 23.6 Å². The molecule has 1 unspecified atom stereocenters. The molecule has 25 heavy (non-hydrogen) atoms. The van der Waals surface area contributed by atoms with E-state index < -0.39 is 0 Å². The second-order valence-corrected chi connectivity index (χ2v) is 6.25. The Bertz CT molecular complexity index is 685. The fraction of sp³-hybridized carbons (Fsp3) is 0.400. The van der Waals surface area contributed by atoms with Crippen LogP contribution in [-0.4, -0.2) is 49.6 Å². The lowest BCUT2D eigenvalue weighted by Gasteiger charge is -2.21. The van der Waals surface area contributed by atoms with Crippen LogP contribution < -0.4 is 10.1 Å². The van der Waals surface area contributed by atoms with Crippen molar-refractivity contribution in [1.82, 2.24) is 15.2 Å². The van der Waals surface area contributed by atoms with Crippen molar-refractivity contribution >= 4 is 5.96 Å². The highest BCUT2D eigenvalue weighted by molar-refractivity contribution is 5.80. The van der Waals surface area contributed by atoms with E-state index >= 15 is 0 Å². The zero-order valence-corrected chi connectivity index (χ0v) is 15.0. The number of nitrogens with zero attached hydrogens (tertiary/aromatic N) is 3. The van der Waals surface area contributed by atoms with Gasteiger partial charge in [-0.2, -0.15) is 0 Å². The van der Waals surface area contributed by atoms with Crippen LogP contribution in [0.3, 0.4) is 0 Å². The van der Waals surface area contributed by atoms with E-state index in [2.05, 4.69) is 38.4 Å². The van der Waals surface area contributed by atoms with Crippen molar-refractivity contribution in [3.8, 4) is 5.75 Å². The van der Waals surface area contributed by atoms with Gasteiger partial charge in [0.15, 0.2) is 5.96 Å². The molecule has 3 rings (SSSR count). The number of hydrogen-bond acceptors (Lipinski definition) is 3. The molecule has 0 spiro atoms. The Morgan fingerprint density at radius 2 is 2.12 bits per heavy atom. The maximum atomic E-state index is 5.24. The maximum Gasteiger partial charge on any atom is 0.193 e. The first kappa shape index (κ1) is 17.3. The molecule has 1 aromatic carbocycles. The topological polar surface area (TPSA) is 49.8 Å². The quantitative estimate of drug-likeness (QED) is 0.673. The van der Waals surface area contributed by atoms with E-state index in [1.54, 1.807) is 7.11 Å². The molecule has 2 aromatic rings. The Hall–Kier alpha value is -2.56. The van der Waals surface area contributed by atoms with Crippen LogP contribution in [0.25, 0.3) is 0 Å². The molecule has 1 saturated heterocycles. The minimum absolute atomic E-state index is 0.542. The minimum Gasteiger partial charge on any atom is -0.497 e. The number of hydrogen-bond donors (Lipinski definition) is 1. The van der Waals surface area contributed by atoms with Gasteiger partial charge in [0.05, 0.1) is 7.11 Å². The fourth-order valence-corrected chi connectivity index (χ4v) is 3.28. The molecule has 2 heterocycles. The van der Waals surface area contributed by atoms with Gasteiger partial charge in [-0.3, -0.25) is 9.98 Å². The Labute approximate surface area is 149 Å². The smallest absolute Gasteiger partial charge is 0.193 e. The largest absolute Gasteiger partial charge is 0.497 e. The summed E-state index contributed by atoms with van der Waals surface area (Å²) in [6.45, 7) is 2.86. The average molecular weight is 338 g/mol. The van der Waals surface area contributed by atoms with Gasteiger partial charge in [-0.1, -0.05) is 18.2 Å². The van der Waals surface area contributed by atoms with Crippen molar-refractivity contribution in [1.29, 1.82) is 0 Å². The summed E-state index contributed by atoms with van der Waals surface area (Å²) in [6.07, 6.45) is 3.88. The standard InChI is InChI=1S/C20H26N4O/c1-21-20(23-13-10-18-5-3-4-12-22-18)24-14-11-17(15-24)16-6-8-19(25-2)9-7-16/h3-9,12,17H,10-11,13-15H2,1-2H3,(H,21,23). The lowest BCUT2D eigenvalue weighted by molar-refractivity contribution is 0.414. The molecule has 1 atom stereocenters. The highest BCUT2D eigenvalue weighted by Gasteiger charge is 2.25. The van der Waals surface area contributed by atoms with Crippen molar-refractivity contribution < 1.29 is 4.74 Å². The molecule has 0 saturated carbocycles. The summed E-state index contributed by atoms with van der Waals surface area (Å²) in [5, 5.41) is 3.47. The third-order valence-electron chi connectivity index (χ3n) is 4.68. The van der Waals surface area contributed by atoms with Crippen LogP contribution in [-0.2, 0) is 6.42 Å². The molecule has 1 fully saturated rings. The zero-order chi connectivity index (χ0) is 17.5. The van der Waals surface area contributed by atoms with Gasteiger partial charge >= 0.3 is 0 Å². The first-order valence-corrected chi connectivity index (χ1v) is 8.79. The Morgan fingerprint density at radius 3 is 2.80 bits per heavy atom. The summed E-state index contributed by atoms with van der Waals surface area (Å²) in [6, 6.07) is 14.4. The van der Waals surface area contributed by atoms with Gasteiger partial charge in [-0.05, 0) is 36.2 Å². The third-order valence-corrected chi connectivity index (χ3v) is 4.68. The zero-order valence-electron chi connectivity index (χ0n) is 15.0. The molecule has 0 aliphatic carbocycles. The summed E-state index contributed by atoms with van der Waals surface area (Å²) < 4.78 is 5.24. The van der Waals surface area contributed by atoms with Gasteiger partial charge in [-0.25, -0.2) is 0 Å². The molecular weight excluding hydrogens is 312 g/mol. The first-order valence-electron chi connectivity index (χ1n) is 8.79. The molecule has 5 heteroatoms. The highest BCUT2D eigenvalue weighted by atomic mass is 16.5. The molecule has 5 nitrogen and oxygen atoms in total. The van der Waals surface area contributed by atoms with Gasteiger partial charge < -0.3 is 15.0 Å². The monoisotopic (exact) mass is 338 g/mol. The fourth-order valence-electron chi connectivity index (χ4n) is 3.28. The van der Waals surface area contributed by atoms with Gasteiger partial charge in [0, 0.05) is 50.9 Å².